The lowest BCUT2D eigenvalue weighted by Gasteiger charge is -2.27. The number of carbonyl (C=O) groups excluding carboxylic acids is 2. The average Bonchev–Trinajstić information content (AvgIpc) is 3.17. The number of methoxy groups -OCH3 is 1. The Bertz CT molecular complexity index is 1080. The van der Waals surface area contributed by atoms with E-state index in [0.717, 1.165) is 0 Å². The third kappa shape index (κ3) is 5.40. The van der Waals surface area contributed by atoms with Crippen molar-refractivity contribution < 1.29 is 31.9 Å². The maximum atomic E-state index is 13.0. The smallest absolute Gasteiger partial charge is 0.341 e. The van der Waals surface area contributed by atoms with Crippen LogP contribution in [0.25, 0.3) is 6.08 Å². The van der Waals surface area contributed by atoms with E-state index >= 15 is 0 Å². The standard InChI is InChI=1S/C21H24N2O7S/c1-15-18(21(25)28-2)13-17(30-15)7-8-20(24)22-14-16-5-3-4-6-19(16)31(26,27)23-9-11-29-12-10-23/h3-8,13H,9-12,14H2,1-2H3,(H,22,24)/b8-7+. The van der Waals surface area contributed by atoms with Crippen molar-refractivity contribution in [1.29, 1.82) is 0 Å². The summed E-state index contributed by atoms with van der Waals surface area (Å²) in [5.41, 5.74) is 0.766. The maximum Gasteiger partial charge on any atom is 0.341 e. The minimum absolute atomic E-state index is 0.0352. The van der Waals surface area contributed by atoms with Gasteiger partial charge >= 0.3 is 5.97 Å². The Morgan fingerprint density at radius 1 is 1.23 bits per heavy atom. The number of benzene rings is 1. The van der Waals surface area contributed by atoms with Crippen LogP contribution in [0.5, 0.6) is 0 Å². The van der Waals surface area contributed by atoms with Crippen LogP contribution < -0.4 is 5.32 Å². The maximum absolute atomic E-state index is 13.0. The Balaban J connectivity index is 1.67. The number of rotatable bonds is 7. The highest BCUT2D eigenvalue weighted by atomic mass is 32.2. The molecule has 1 amide bonds. The van der Waals surface area contributed by atoms with Crippen LogP contribution in [0.3, 0.4) is 0 Å². The van der Waals surface area contributed by atoms with Crippen LogP contribution >= 0.6 is 0 Å². The van der Waals surface area contributed by atoms with Crippen molar-refractivity contribution in [2.24, 2.45) is 0 Å². The van der Waals surface area contributed by atoms with Gasteiger partial charge in [0.2, 0.25) is 15.9 Å². The topological polar surface area (TPSA) is 115 Å². The second-order valence-corrected chi connectivity index (χ2v) is 8.69. The highest BCUT2D eigenvalue weighted by molar-refractivity contribution is 7.89. The van der Waals surface area contributed by atoms with Gasteiger partial charge in [0.25, 0.3) is 0 Å². The number of morpholine rings is 1. The van der Waals surface area contributed by atoms with Crippen molar-refractivity contribution in [1.82, 2.24) is 9.62 Å². The van der Waals surface area contributed by atoms with E-state index in [1.807, 2.05) is 0 Å². The van der Waals surface area contributed by atoms with Gasteiger partial charge in [0.15, 0.2) is 0 Å². The van der Waals surface area contributed by atoms with Gasteiger partial charge in [-0.05, 0) is 30.7 Å². The molecule has 1 fully saturated rings. The molecule has 0 unspecified atom stereocenters. The lowest BCUT2D eigenvalue weighted by atomic mass is 10.2. The van der Waals surface area contributed by atoms with E-state index in [0.29, 0.717) is 43.4 Å². The molecule has 1 aliphatic heterocycles. The average molecular weight is 448 g/mol. The predicted molar refractivity (Wildman–Crippen MR) is 112 cm³/mol. The molecule has 1 saturated heterocycles. The van der Waals surface area contributed by atoms with Gasteiger partial charge < -0.3 is 19.2 Å². The molecule has 1 aromatic carbocycles. The second kappa shape index (κ2) is 9.90. The van der Waals surface area contributed by atoms with Crippen LogP contribution in [0.2, 0.25) is 0 Å². The SMILES string of the molecule is COC(=O)c1cc(/C=C/C(=O)NCc2ccccc2S(=O)(=O)N2CCOCC2)oc1C. The summed E-state index contributed by atoms with van der Waals surface area (Å²) in [5, 5.41) is 2.67. The molecule has 1 N–H and O–H groups in total. The zero-order valence-electron chi connectivity index (χ0n) is 17.3. The first kappa shape index (κ1) is 22.7. The zero-order valence-corrected chi connectivity index (χ0v) is 18.1. The number of esters is 1. The highest BCUT2D eigenvalue weighted by Crippen LogP contribution is 2.21. The molecule has 0 saturated carbocycles. The van der Waals surface area contributed by atoms with Crippen LogP contribution in [0.4, 0.5) is 0 Å². The minimum atomic E-state index is -3.68. The summed E-state index contributed by atoms with van der Waals surface area (Å²) in [7, 11) is -2.41. The fourth-order valence-corrected chi connectivity index (χ4v) is 4.76. The first-order valence-corrected chi connectivity index (χ1v) is 11.1. The van der Waals surface area contributed by atoms with E-state index in [4.69, 9.17) is 9.15 Å². The Hall–Kier alpha value is -2.95. The van der Waals surface area contributed by atoms with Crippen molar-refractivity contribution >= 4 is 28.0 Å². The van der Waals surface area contributed by atoms with Crippen molar-refractivity contribution in [2.75, 3.05) is 33.4 Å². The van der Waals surface area contributed by atoms with Crippen molar-refractivity contribution in [3.8, 4) is 0 Å². The first-order valence-electron chi connectivity index (χ1n) is 9.63. The third-order valence-corrected chi connectivity index (χ3v) is 6.75. The van der Waals surface area contributed by atoms with E-state index in [-0.39, 0.29) is 17.0 Å². The van der Waals surface area contributed by atoms with Gasteiger partial charge in [-0.3, -0.25) is 4.79 Å². The Morgan fingerprint density at radius 3 is 2.65 bits per heavy atom. The number of sulfonamides is 1. The van der Waals surface area contributed by atoms with Crippen LogP contribution in [0.1, 0.15) is 27.4 Å². The van der Waals surface area contributed by atoms with Gasteiger partial charge in [-0.15, -0.1) is 0 Å². The lowest BCUT2D eigenvalue weighted by molar-refractivity contribution is -0.116. The highest BCUT2D eigenvalue weighted by Gasteiger charge is 2.28. The van der Waals surface area contributed by atoms with Gasteiger partial charge in [0, 0.05) is 25.7 Å². The summed E-state index contributed by atoms with van der Waals surface area (Å²) in [6.45, 7) is 2.95. The molecule has 0 bridgehead atoms. The summed E-state index contributed by atoms with van der Waals surface area (Å²) >= 11 is 0. The molecular weight excluding hydrogens is 424 g/mol. The Morgan fingerprint density at radius 2 is 1.94 bits per heavy atom. The normalized spacial score (nSPS) is 15.2. The molecule has 2 aromatic rings. The van der Waals surface area contributed by atoms with E-state index in [1.54, 1.807) is 25.1 Å². The van der Waals surface area contributed by atoms with Crippen LogP contribution in [0.15, 0.2) is 45.7 Å². The molecule has 0 radical (unpaired) electrons. The quantitative estimate of drug-likeness (QED) is 0.507. The van der Waals surface area contributed by atoms with Gasteiger partial charge in [-0.2, -0.15) is 4.31 Å². The summed E-state index contributed by atoms with van der Waals surface area (Å²) in [6.07, 6.45) is 2.67. The number of nitrogens with zero attached hydrogens (tertiary/aromatic N) is 1. The van der Waals surface area contributed by atoms with Gasteiger partial charge in [-0.25, -0.2) is 13.2 Å². The minimum Gasteiger partial charge on any atom is -0.465 e. The number of hydrogen-bond acceptors (Lipinski definition) is 7. The molecule has 31 heavy (non-hydrogen) atoms. The number of ether oxygens (including phenoxy) is 2. The van der Waals surface area contributed by atoms with Crippen LogP contribution in [-0.4, -0.2) is 58.0 Å². The molecule has 1 aliphatic rings. The number of nitrogens with one attached hydrogen (secondary N) is 1. The fraction of sp³-hybridized carbons (Fsp3) is 0.333. The second-order valence-electron chi connectivity index (χ2n) is 6.79. The molecule has 166 valence electrons. The molecule has 0 aliphatic carbocycles. The molecule has 1 aromatic heterocycles. The largest absolute Gasteiger partial charge is 0.465 e. The van der Waals surface area contributed by atoms with Crippen molar-refractivity contribution in [3.63, 3.8) is 0 Å². The summed E-state index contributed by atoms with van der Waals surface area (Å²) < 4.78 is 42.6. The Kier molecular flexibility index (Phi) is 7.26. The third-order valence-electron chi connectivity index (χ3n) is 4.75. The number of carbonyl (C=O) groups is 2. The number of amides is 1. The van der Waals surface area contributed by atoms with Crippen molar-refractivity contribution in [2.45, 2.75) is 18.4 Å². The van der Waals surface area contributed by atoms with Gasteiger partial charge in [-0.1, -0.05) is 18.2 Å². The number of hydrogen-bond donors (Lipinski definition) is 1. The van der Waals surface area contributed by atoms with Gasteiger partial charge in [0.05, 0.1) is 25.2 Å². The molecule has 0 spiro atoms. The zero-order chi connectivity index (χ0) is 22.4. The first-order chi connectivity index (χ1) is 14.8. The summed E-state index contributed by atoms with van der Waals surface area (Å²) in [5.74, 6) is -0.256. The summed E-state index contributed by atoms with van der Waals surface area (Å²) in [4.78, 5) is 24.0. The molecule has 3 rings (SSSR count). The molecule has 9 nitrogen and oxygen atoms in total. The van der Waals surface area contributed by atoms with Crippen molar-refractivity contribution in [3.05, 3.63) is 59.1 Å². The predicted octanol–water partition coefficient (Wildman–Crippen LogP) is 1.73. The van der Waals surface area contributed by atoms with E-state index in [2.05, 4.69) is 10.1 Å². The van der Waals surface area contributed by atoms with E-state index < -0.39 is 21.9 Å². The monoisotopic (exact) mass is 448 g/mol. The molecular formula is C21H24N2O7S. The molecule has 0 atom stereocenters. The number of furan rings is 1. The van der Waals surface area contributed by atoms with Gasteiger partial charge in [0.1, 0.15) is 17.1 Å². The Labute approximate surface area is 180 Å². The van der Waals surface area contributed by atoms with E-state index in [9.17, 15) is 18.0 Å². The van der Waals surface area contributed by atoms with Crippen LogP contribution in [0, 0.1) is 6.92 Å². The van der Waals surface area contributed by atoms with E-state index in [1.165, 1.54) is 35.7 Å². The molecule has 2 heterocycles. The number of aryl methyl sites for hydroxylation is 1. The molecule has 10 heteroatoms. The van der Waals surface area contributed by atoms with Crippen LogP contribution in [-0.2, 0) is 30.8 Å². The summed E-state index contributed by atoms with van der Waals surface area (Å²) in [6, 6.07) is 8.04. The lowest BCUT2D eigenvalue weighted by Crippen LogP contribution is -2.41. The fourth-order valence-electron chi connectivity index (χ4n) is 3.13.